The van der Waals surface area contributed by atoms with Crippen LogP contribution in [0.5, 0.6) is 5.75 Å². The van der Waals surface area contributed by atoms with Gasteiger partial charge in [0.1, 0.15) is 17.3 Å². The van der Waals surface area contributed by atoms with Crippen LogP contribution in [0.15, 0.2) is 65.9 Å². The minimum absolute atomic E-state index is 0.0571. The van der Waals surface area contributed by atoms with Gasteiger partial charge in [-0.25, -0.2) is 4.39 Å². The van der Waals surface area contributed by atoms with E-state index in [1.807, 2.05) is 35.2 Å². The predicted octanol–water partition coefficient (Wildman–Crippen LogP) is 5.02. The Bertz CT molecular complexity index is 1360. The number of aliphatic imine (C=N–C) groups is 1. The summed E-state index contributed by atoms with van der Waals surface area (Å²) in [7, 11) is 1.51. The number of likely N-dealkylation sites (tertiary alicyclic amines) is 1. The highest BCUT2D eigenvalue weighted by Crippen LogP contribution is 2.31. The zero-order chi connectivity index (χ0) is 25.9. The Morgan fingerprint density at radius 3 is 2.68 bits per heavy atom. The number of hydrogen-bond donors (Lipinski definition) is 0. The quantitative estimate of drug-likeness (QED) is 0.407. The van der Waals surface area contributed by atoms with E-state index in [9.17, 15) is 14.0 Å². The number of nitrogens with zero attached hydrogens (tertiary/aromatic N) is 3. The molecule has 2 aliphatic rings. The fourth-order valence-electron chi connectivity index (χ4n) is 5.51. The average molecular weight is 500 g/mol. The Kier molecular flexibility index (Phi) is 7.24. The lowest BCUT2D eigenvalue weighted by Gasteiger charge is -2.38. The molecule has 7 heteroatoms. The van der Waals surface area contributed by atoms with Gasteiger partial charge in [-0.15, -0.1) is 0 Å². The number of ether oxygens (including phenoxy) is 1. The lowest BCUT2D eigenvalue weighted by atomic mass is 9.85. The van der Waals surface area contributed by atoms with Gasteiger partial charge in [-0.2, -0.15) is 0 Å². The minimum Gasteiger partial charge on any atom is -0.496 e. The monoisotopic (exact) mass is 499 g/mol. The number of ketones is 2. The van der Waals surface area contributed by atoms with Crippen molar-refractivity contribution in [1.29, 1.82) is 0 Å². The normalized spacial score (nSPS) is 19.3. The van der Waals surface area contributed by atoms with E-state index >= 15 is 0 Å². The number of benzene rings is 2. The summed E-state index contributed by atoms with van der Waals surface area (Å²) in [5.74, 6) is 0.303. The second-order valence-corrected chi connectivity index (χ2v) is 9.82. The standard InChI is InChI=1S/C30H30FN3O3/c1-19(35)27-9-6-20(17-34(27)18-25-26(31)4-3-5-29(25)37-2)14-28(36)22-7-8-23-16-33-30(24(23)15-22)21-10-12-32-13-11-21/h3-5,7-8,10-13,15,20,27H,6,9,14,16-18H2,1-2H3/t20-,27?/m0/s1. The Hall–Kier alpha value is -3.71. The van der Waals surface area contributed by atoms with Gasteiger partial charge in [-0.05, 0) is 61.6 Å². The SMILES string of the molecule is COc1cccc(F)c1CN1C[C@H](CC(=O)c2ccc3c(c2)C(c2ccncc2)=NC3)CCC1C(C)=O. The van der Waals surface area contributed by atoms with Crippen LogP contribution in [-0.4, -0.2) is 46.9 Å². The van der Waals surface area contributed by atoms with Crippen LogP contribution in [0.4, 0.5) is 4.39 Å². The van der Waals surface area contributed by atoms with E-state index < -0.39 is 0 Å². The summed E-state index contributed by atoms with van der Waals surface area (Å²) in [5.41, 5.74) is 5.07. The van der Waals surface area contributed by atoms with E-state index in [0.717, 1.165) is 28.8 Å². The highest BCUT2D eigenvalue weighted by molar-refractivity contribution is 6.16. The van der Waals surface area contributed by atoms with Crippen molar-refractivity contribution in [3.63, 3.8) is 0 Å². The van der Waals surface area contributed by atoms with Crippen LogP contribution in [0, 0.1) is 11.7 Å². The maximum Gasteiger partial charge on any atom is 0.163 e. The molecule has 2 atom stereocenters. The van der Waals surface area contributed by atoms with E-state index in [2.05, 4.69) is 9.98 Å². The predicted molar refractivity (Wildman–Crippen MR) is 140 cm³/mol. The van der Waals surface area contributed by atoms with Crippen LogP contribution in [0.25, 0.3) is 0 Å². The van der Waals surface area contributed by atoms with Crippen LogP contribution in [0.2, 0.25) is 0 Å². The molecule has 6 nitrogen and oxygen atoms in total. The number of aromatic nitrogens is 1. The van der Waals surface area contributed by atoms with Gasteiger partial charge in [0.2, 0.25) is 0 Å². The summed E-state index contributed by atoms with van der Waals surface area (Å²) in [6, 6.07) is 14.1. The summed E-state index contributed by atoms with van der Waals surface area (Å²) in [6.07, 6.45) is 5.27. The smallest absolute Gasteiger partial charge is 0.163 e. The second-order valence-electron chi connectivity index (χ2n) is 9.82. The molecule has 1 saturated heterocycles. The van der Waals surface area contributed by atoms with Crippen LogP contribution >= 0.6 is 0 Å². The van der Waals surface area contributed by atoms with Gasteiger partial charge in [0.05, 0.1) is 25.4 Å². The van der Waals surface area contributed by atoms with Crippen LogP contribution < -0.4 is 4.74 Å². The van der Waals surface area contributed by atoms with E-state index in [4.69, 9.17) is 4.74 Å². The third-order valence-corrected chi connectivity index (χ3v) is 7.43. The molecule has 0 bridgehead atoms. The van der Waals surface area contributed by atoms with Crippen molar-refractivity contribution in [3.05, 3.63) is 94.6 Å². The molecule has 3 aromatic rings. The van der Waals surface area contributed by atoms with E-state index in [0.29, 0.717) is 42.8 Å². The van der Waals surface area contributed by atoms with E-state index in [1.165, 1.54) is 13.2 Å². The molecule has 0 N–H and O–H groups in total. The molecular formula is C30H30FN3O3. The van der Waals surface area contributed by atoms with E-state index in [1.54, 1.807) is 31.5 Å². The molecule has 0 amide bonds. The van der Waals surface area contributed by atoms with Gasteiger partial charge < -0.3 is 4.74 Å². The molecule has 0 aliphatic carbocycles. The number of methoxy groups -OCH3 is 1. The van der Waals surface area contributed by atoms with Crippen molar-refractivity contribution in [1.82, 2.24) is 9.88 Å². The van der Waals surface area contributed by atoms with Gasteiger partial charge >= 0.3 is 0 Å². The molecule has 1 aromatic heterocycles. The van der Waals surface area contributed by atoms with Crippen molar-refractivity contribution in [2.24, 2.45) is 10.9 Å². The van der Waals surface area contributed by atoms with Gasteiger partial charge in [0.25, 0.3) is 0 Å². The summed E-state index contributed by atoms with van der Waals surface area (Å²) in [4.78, 5) is 36.5. The number of pyridine rings is 1. The zero-order valence-electron chi connectivity index (χ0n) is 21.1. The molecule has 2 aliphatic heterocycles. The van der Waals surface area contributed by atoms with Gasteiger partial charge in [0, 0.05) is 54.2 Å². The highest BCUT2D eigenvalue weighted by atomic mass is 19.1. The number of fused-ring (bicyclic) bond motifs is 1. The number of halogens is 1. The fourth-order valence-corrected chi connectivity index (χ4v) is 5.51. The Labute approximate surface area is 216 Å². The third-order valence-electron chi connectivity index (χ3n) is 7.43. The van der Waals surface area contributed by atoms with E-state index in [-0.39, 0.29) is 35.9 Å². The molecule has 37 heavy (non-hydrogen) atoms. The summed E-state index contributed by atoms with van der Waals surface area (Å²) < 4.78 is 20.0. The number of hydrogen-bond acceptors (Lipinski definition) is 6. The Morgan fingerprint density at radius 1 is 1.11 bits per heavy atom. The first-order chi connectivity index (χ1) is 17.9. The van der Waals surface area contributed by atoms with Crippen LogP contribution in [-0.2, 0) is 17.9 Å². The molecule has 1 fully saturated rings. The Balaban J connectivity index is 1.32. The summed E-state index contributed by atoms with van der Waals surface area (Å²) >= 11 is 0. The fraction of sp³-hybridized carbons (Fsp3) is 0.333. The maximum atomic E-state index is 14.7. The third kappa shape index (κ3) is 5.23. The molecular weight excluding hydrogens is 469 g/mol. The van der Waals surface area contributed by atoms with Crippen molar-refractivity contribution < 1.29 is 18.7 Å². The molecule has 1 unspecified atom stereocenters. The van der Waals surface area contributed by atoms with Gasteiger partial charge in [-0.1, -0.05) is 18.2 Å². The number of Topliss-reactive ketones (excluding diaryl/α,β-unsaturated/α-hetero) is 2. The van der Waals surface area contributed by atoms with Crippen LogP contribution in [0.1, 0.15) is 58.8 Å². The largest absolute Gasteiger partial charge is 0.496 e. The topological polar surface area (TPSA) is 71.9 Å². The first-order valence-corrected chi connectivity index (χ1v) is 12.6. The van der Waals surface area contributed by atoms with Crippen molar-refractivity contribution in [2.75, 3.05) is 13.7 Å². The van der Waals surface area contributed by atoms with Crippen molar-refractivity contribution in [3.8, 4) is 5.75 Å². The van der Waals surface area contributed by atoms with Gasteiger partial charge in [0.15, 0.2) is 5.78 Å². The highest BCUT2D eigenvalue weighted by Gasteiger charge is 2.33. The zero-order valence-corrected chi connectivity index (χ0v) is 21.1. The summed E-state index contributed by atoms with van der Waals surface area (Å²) in [5, 5.41) is 0. The van der Waals surface area contributed by atoms with Gasteiger partial charge in [-0.3, -0.25) is 24.5 Å². The lowest BCUT2D eigenvalue weighted by molar-refractivity contribution is -0.124. The van der Waals surface area contributed by atoms with Crippen LogP contribution in [0.3, 0.4) is 0 Å². The first kappa shape index (κ1) is 25.0. The molecule has 190 valence electrons. The molecule has 2 aromatic carbocycles. The minimum atomic E-state index is -0.357. The molecule has 0 radical (unpaired) electrons. The number of piperidine rings is 1. The molecule has 5 rings (SSSR count). The molecule has 3 heterocycles. The number of carbonyl (C=O) groups is 2. The molecule has 0 spiro atoms. The maximum absolute atomic E-state index is 14.7. The second kappa shape index (κ2) is 10.7. The number of carbonyl (C=O) groups excluding carboxylic acids is 2. The average Bonchev–Trinajstić information content (AvgIpc) is 3.33. The first-order valence-electron chi connectivity index (χ1n) is 12.6. The Morgan fingerprint density at radius 2 is 1.92 bits per heavy atom. The van der Waals surface area contributed by atoms with Crippen molar-refractivity contribution >= 4 is 17.3 Å². The summed E-state index contributed by atoms with van der Waals surface area (Å²) in [6.45, 7) is 2.98. The number of rotatable bonds is 8. The molecule has 0 saturated carbocycles. The lowest BCUT2D eigenvalue weighted by Crippen LogP contribution is -2.47. The van der Waals surface area contributed by atoms with Crippen molar-refractivity contribution in [2.45, 2.75) is 45.3 Å².